The number of carbonyl (C=O) groups is 2. The van der Waals surface area contributed by atoms with Gasteiger partial charge in [-0.2, -0.15) is 0 Å². The van der Waals surface area contributed by atoms with Crippen molar-refractivity contribution >= 4 is 29.2 Å². The van der Waals surface area contributed by atoms with Crippen LogP contribution in [-0.4, -0.2) is 48.1 Å². The zero-order chi connectivity index (χ0) is 15.2. The highest BCUT2D eigenvalue weighted by Crippen LogP contribution is 2.18. The van der Waals surface area contributed by atoms with Crippen molar-refractivity contribution in [1.29, 1.82) is 0 Å². The second-order valence-corrected chi connectivity index (χ2v) is 5.60. The number of hydrogen-bond donors (Lipinski definition) is 1. The first-order valence-corrected chi connectivity index (χ1v) is 7.44. The van der Waals surface area contributed by atoms with Gasteiger partial charge in [0.15, 0.2) is 0 Å². The van der Waals surface area contributed by atoms with Crippen LogP contribution in [0.2, 0.25) is 5.02 Å². The summed E-state index contributed by atoms with van der Waals surface area (Å²) in [4.78, 5) is 26.7. The van der Waals surface area contributed by atoms with Gasteiger partial charge in [-0.15, -0.1) is 0 Å². The molecule has 0 radical (unpaired) electrons. The molecule has 0 atom stereocenters. The quantitative estimate of drug-likeness (QED) is 0.906. The van der Waals surface area contributed by atoms with Crippen molar-refractivity contribution < 1.29 is 14.7 Å². The maximum atomic E-state index is 12.3. The molecule has 1 aromatic rings. The number of piperidine rings is 1. The Hall–Kier alpha value is -1.75. The monoisotopic (exact) mass is 310 g/mol. The van der Waals surface area contributed by atoms with Gasteiger partial charge < -0.3 is 14.9 Å². The number of halogens is 1. The molecule has 1 aliphatic heterocycles. The third kappa shape index (κ3) is 4.63. The van der Waals surface area contributed by atoms with E-state index in [1.807, 2.05) is 4.90 Å². The lowest BCUT2D eigenvalue weighted by atomic mass is 10.1. The number of hydrogen-bond acceptors (Lipinski definition) is 3. The first-order chi connectivity index (χ1) is 10.1. The predicted molar refractivity (Wildman–Crippen MR) is 81.7 cm³/mol. The SMILES string of the molecule is O=C(O)CN(CC(=O)N1CCCCC1)c1ccc(Cl)cc1. The molecule has 0 unspecified atom stereocenters. The van der Waals surface area contributed by atoms with E-state index in [1.165, 1.54) is 0 Å². The van der Waals surface area contributed by atoms with Gasteiger partial charge in [-0.25, -0.2) is 0 Å². The van der Waals surface area contributed by atoms with E-state index < -0.39 is 5.97 Å². The van der Waals surface area contributed by atoms with E-state index in [2.05, 4.69) is 0 Å². The first kappa shape index (κ1) is 15.6. The molecule has 0 aromatic heterocycles. The fourth-order valence-corrected chi connectivity index (χ4v) is 2.59. The summed E-state index contributed by atoms with van der Waals surface area (Å²) in [5.41, 5.74) is 0.687. The average molecular weight is 311 g/mol. The number of carboxylic acid groups (broad SMARTS) is 1. The first-order valence-electron chi connectivity index (χ1n) is 7.06. The van der Waals surface area contributed by atoms with Crippen LogP contribution in [-0.2, 0) is 9.59 Å². The molecule has 1 N–H and O–H groups in total. The Morgan fingerprint density at radius 2 is 1.71 bits per heavy atom. The van der Waals surface area contributed by atoms with Crippen LogP contribution in [0.3, 0.4) is 0 Å². The van der Waals surface area contributed by atoms with Gasteiger partial charge in [0.2, 0.25) is 5.91 Å². The molecule has 2 rings (SSSR count). The Morgan fingerprint density at radius 3 is 2.29 bits per heavy atom. The average Bonchev–Trinajstić information content (AvgIpc) is 2.48. The Kier molecular flexibility index (Phi) is 5.44. The molecule has 0 spiro atoms. The van der Waals surface area contributed by atoms with Crippen LogP contribution in [0.4, 0.5) is 5.69 Å². The van der Waals surface area contributed by atoms with E-state index in [0.717, 1.165) is 32.4 Å². The van der Waals surface area contributed by atoms with E-state index in [9.17, 15) is 9.59 Å². The minimum atomic E-state index is -0.962. The molecule has 114 valence electrons. The van der Waals surface area contributed by atoms with Crippen molar-refractivity contribution in [1.82, 2.24) is 4.90 Å². The van der Waals surface area contributed by atoms with Gasteiger partial charge >= 0.3 is 5.97 Å². The Bertz CT molecular complexity index is 498. The fraction of sp³-hybridized carbons (Fsp3) is 0.467. The number of benzene rings is 1. The van der Waals surface area contributed by atoms with Crippen molar-refractivity contribution in [2.45, 2.75) is 19.3 Å². The van der Waals surface area contributed by atoms with Gasteiger partial charge in [-0.05, 0) is 43.5 Å². The summed E-state index contributed by atoms with van der Waals surface area (Å²) in [6.45, 7) is 1.40. The number of anilines is 1. The van der Waals surface area contributed by atoms with Gasteiger partial charge in [0.25, 0.3) is 0 Å². The standard InChI is InChI=1S/C15H19ClN2O3/c16-12-4-6-13(7-5-12)18(11-15(20)21)10-14(19)17-8-2-1-3-9-17/h4-7H,1-3,8-11H2,(H,20,21). The summed E-state index contributed by atoms with van der Waals surface area (Å²) < 4.78 is 0. The molecule has 0 saturated carbocycles. The highest BCUT2D eigenvalue weighted by Gasteiger charge is 2.21. The predicted octanol–water partition coefficient (Wildman–Crippen LogP) is 2.24. The molecule has 1 aliphatic rings. The normalized spacial score (nSPS) is 14.8. The van der Waals surface area contributed by atoms with Gasteiger partial charge in [-0.3, -0.25) is 9.59 Å². The van der Waals surface area contributed by atoms with E-state index >= 15 is 0 Å². The lowest BCUT2D eigenvalue weighted by molar-refractivity contribution is -0.135. The summed E-state index contributed by atoms with van der Waals surface area (Å²) in [6, 6.07) is 6.84. The van der Waals surface area contributed by atoms with Gasteiger partial charge in [-0.1, -0.05) is 11.6 Å². The molecule has 5 nitrogen and oxygen atoms in total. The topological polar surface area (TPSA) is 60.9 Å². The van der Waals surface area contributed by atoms with Crippen LogP contribution < -0.4 is 4.90 Å². The Balaban J connectivity index is 2.06. The number of carboxylic acids is 1. The van der Waals surface area contributed by atoms with E-state index in [1.54, 1.807) is 29.2 Å². The molecule has 0 bridgehead atoms. The van der Waals surface area contributed by atoms with Crippen molar-refractivity contribution in [2.75, 3.05) is 31.1 Å². The maximum absolute atomic E-state index is 12.3. The van der Waals surface area contributed by atoms with Crippen molar-refractivity contribution in [2.24, 2.45) is 0 Å². The summed E-state index contributed by atoms with van der Waals surface area (Å²) >= 11 is 5.84. The summed E-state index contributed by atoms with van der Waals surface area (Å²) in [5.74, 6) is -0.984. The molecule has 1 saturated heterocycles. The second kappa shape index (κ2) is 7.31. The number of likely N-dealkylation sites (tertiary alicyclic amines) is 1. The van der Waals surface area contributed by atoms with Crippen LogP contribution in [0.25, 0.3) is 0 Å². The highest BCUT2D eigenvalue weighted by atomic mass is 35.5. The number of rotatable bonds is 5. The van der Waals surface area contributed by atoms with Crippen LogP contribution in [0, 0.1) is 0 Å². The fourth-order valence-electron chi connectivity index (χ4n) is 2.46. The lowest BCUT2D eigenvalue weighted by Gasteiger charge is -2.30. The van der Waals surface area contributed by atoms with Gasteiger partial charge in [0.1, 0.15) is 6.54 Å². The van der Waals surface area contributed by atoms with Crippen LogP contribution in [0.5, 0.6) is 0 Å². The summed E-state index contributed by atoms with van der Waals surface area (Å²) in [7, 11) is 0. The third-order valence-electron chi connectivity index (χ3n) is 3.55. The largest absolute Gasteiger partial charge is 0.480 e. The number of amides is 1. The number of carbonyl (C=O) groups excluding carboxylic acids is 1. The van der Waals surface area contributed by atoms with E-state index in [0.29, 0.717) is 10.7 Å². The molecular formula is C15H19ClN2O3. The molecular weight excluding hydrogens is 292 g/mol. The summed E-state index contributed by atoms with van der Waals surface area (Å²) in [6.07, 6.45) is 3.19. The molecule has 1 fully saturated rings. The molecule has 21 heavy (non-hydrogen) atoms. The molecule has 0 aliphatic carbocycles. The van der Waals surface area contributed by atoms with Gasteiger partial charge in [0, 0.05) is 23.8 Å². The van der Waals surface area contributed by atoms with Crippen molar-refractivity contribution in [3.63, 3.8) is 0 Å². The minimum absolute atomic E-state index is 0.0223. The number of aliphatic carboxylic acids is 1. The zero-order valence-electron chi connectivity index (χ0n) is 11.8. The van der Waals surface area contributed by atoms with E-state index in [4.69, 9.17) is 16.7 Å². The molecule has 1 aromatic carbocycles. The van der Waals surface area contributed by atoms with E-state index in [-0.39, 0.29) is 19.0 Å². The second-order valence-electron chi connectivity index (χ2n) is 5.17. The van der Waals surface area contributed by atoms with Crippen LogP contribution in [0.1, 0.15) is 19.3 Å². The molecule has 1 heterocycles. The minimum Gasteiger partial charge on any atom is -0.480 e. The number of nitrogens with zero attached hydrogens (tertiary/aromatic N) is 2. The van der Waals surface area contributed by atoms with Crippen molar-refractivity contribution in [3.05, 3.63) is 29.3 Å². The molecule has 1 amide bonds. The summed E-state index contributed by atoms with van der Waals surface area (Å²) in [5, 5.41) is 9.61. The molecule has 6 heteroatoms. The van der Waals surface area contributed by atoms with Gasteiger partial charge in [0.05, 0.1) is 6.54 Å². The van der Waals surface area contributed by atoms with Crippen LogP contribution in [0.15, 0.2) is 24.3 Å². The van der Waals surface area contributed by atoms with Crippen molar-refractivity contribution in [3.8, 4) is 0 Å². The zero-order valence-corrected chi connectivity index (χ0v) is 12.6. The Morgan fingerprint density at radius 1 is 1.10 bits per heavy atom. The third-order valence-corrected chi connectivity index (χ3v) is 3.80. The smallest absolute Gasteiger partial charge is 0.323 e. The highest BCUT2D eigenvalue weighted by molar-refractivity contribution is 6.30. The van der Waals surface area contributed by atoms with Crippen LogP contribution >= 0.6 is 11.6 Å². The lowest BCUT2D eigenvalue weighted by Crippen LogP contribution is -2.44. The maximum Gasteiger partial charge on any atom is 0.323 e. The Labute approximate surface area is 129 Å².